The largest absolute Gasteiger partial charge is 0.483 e. The van der Waals surface area contributed by atoms with Gasteiger partial charge in [0, 0.05) is 59.9 Å². The first-order chi connectivity index (χ1) is 19.1. The van der Waals surface area contributed by atoms with Gasteiger partial charge in [0.2, 0.25) is 5.78 Å². The van der Waals surface area contributed by atoms with Crippen LogP contribution in [-0.4, -0.2) is 62.5 Å². The molecule has 0 atom stereocenters. The molecule has 0 bridgehead atoms. The molecule has 5 aromatic rings. The summed E-state index contributed by atoms with van der Waals surface area (Å²) in [5.74, 6) is -0.190. The van der Waals surface area contributed by atoms with Gasteiger partial charge >= 0.3 is 0 Å². The summed E-state index contributed by atoms with van der Waals surface area (Å²) in [4.78, 5) is 50.8. The molecule has 4 heterocycles. The lowest BCUT2D eigenvalue weighted by Gasteiger charge is -2.23. The number of rotatable bonds is 5. The number of fused-ring (bicyclic) bond motifs is 2. The standard InChI is InChI=1S/C28H23N5O3.CH2O2/c34-26(17-7-10-30-24(13-17)22-16-29-15-19-3-1-2-4-21(19)22)27-32-23-6-5-18(14-25(23)33-27)28(35)31-20-8-11-36-12-9-20;2-1-3/h1-7,10,13-16,20H,8-9,11-12H2,(H,31,35)(H,32,33);1H,(H,2,3). The first-order valence-corrected chi connectivity index (χ1v) is 12.4. The Morgan fingerprint density at radius 2 is 1.82 bits per heavy atom. The van der Waals surface area contributed by atoms with E-state index in [1.165, 1.54) is 0 Å². The van der Waals surface area contributed by atoms with Crippen molar-refractivity contribution in [3.63, 3.8) is 0 Å². The molecule has 10 heteroatoms. The number of nitrogens with one attached hydrogen (secondary N) is 2. The highest BCUT2D eigenvalue weighted by Crippen LogP contribution is 2.27. The summed E-state index contributed by atoms with van der Waals surface area (Å²) in [6, 6.07) is 16.7. The van der Waals surface area contributed by atoms with Gasteiger partial charge < -0.3 is 20.1 Å². The Kier molecular flexibility index (Phi) is 7.65. The van der Waals surface area contributed by atoms with E-state index in [0.717, 1.165) is 29.2 Å². The normalized spacial score (nSPS) is 13.4. The van der Waals surface area contributed by atoms with E-state index in [1.54, 1.807) is 48.9 Å². The number of pyridine rings is 2. The topological polar surface area (TPSA) is 147 Å². The first kappa shape index (κ1) is 25.7. The summed E-state index contributed by atoms with van der Waals surface area (Å²) in [6.45, 7) is 1.06. The van der Waals surface area contributed by atoms with Crippen molar-refractivity contribution < 1.29 is 24.2 Å². The number of hydrogen-bond acceptors (Lipinski definition) is 7. The van der Waals surface area contributed by atoms with Crippen molar-refractivity contribution in [3.8, 4) is 11.3 Å². The first-order valence-electron chi connectivity index (χ1n) is 12.4. The zero-order valence-electron chi connectivity index (χ0n) is 20.8. The minimum atomic E-state index is -0.253. The van der Waals surface area contributed by atoms with Crippen molar-refractivity contribution in [1.82, 2.24) is 25.3 Å². The molecule has 1 aliphatic rings. The molecule has 196 valence electrons. The van der Waals surface area contributed by atoms with Gasteiger partial charge in [-0.25, -0.2) is 4.98 Å². The number of amides is 1. The number of aromatic nitrogens is 4. The molecule has 39 heavy (non-hydrogen) atoms. The molecule has 6 rings (SSSR count). The van der Waals surface area contributed by atoms with Crippen molar-refractivity contribution in [2.24, 2.45) is 0 Å². The molecule has 3 N–H and O–H groups in total. The van der Waals surface area contributed by atoms with Crippen LogP contribution in [0.3, 0.4) is 0 Å². The van der Waals surface area contributed by atoms with Crippen LogP contribution in [0.4, 0.5) is 0 Å². The Balaban J connectivity index is 0.000000983. The van der Waals surface area contributed by atoms with Gasteiger partial charge in [0.05, 0.1) is 16.7 Å². The van der Waals surface area contributed by atoms with Gasteiger partial charge in [0.25, 0.3) is 12.4 Å². The van der Waals surface area contributed by atoms with Crippen molar-refractivity contribution in [2.75, 3.05) is 13.2 Å². The number of carbonyl (C=O) groups excluding carboxylic acids is 2. The third-order valence-electron chi connectivity index (χ3n) is 6.48. The third-order valence-corrected chi connectivity index (χ3v) is 6.48. The van der Waals surface area contributed by atoms with Crippen LogP contribution in [0.2, 0.25) is 0 Å². The summed E-state index contributed by atoms with van der Waals surface area (Å²) in [7, 11) is 0. The van der Waals surface area contributed by atoms with Crippen LogP contribution >= 0.6 is 0 Å². The lowest BCUT2D eigenvalue weighted by atomic mass is 10.0. The Labute approximate surface area is 223 Å². The Hall–Kier alpha value is -4.96. The average molecular weight is 524 g/mol. The summed E-state index contributed by atoms with van der Waals surface area (Å²) >= 11 is 0. The highest BCUT2D eigenvalue weighted by Gasteiger charge is 2.19. The van der Waals surface area contributed by atoms with Crippen LogP contribution in [0.1, 0.15) is 39.4 Å². The molecule has 0 spiro atoms. The second-order valence-corrected chi connectivity index (χ2v) is 8.95. The second-order valence-electron chi connectivity index (χ2n) is 8.95. The quantitative estimate of drug-likeness (QED) is 0.231. The van der Waals surface area contributed by atoms with E-state index in [1.807, 2.05) is 24.3 Å². The number of ether oxygens (including phenoxy) is 1. The highest BCUT2D eigenvalue weighted by atomic mass is 16.5. The predicted octanol–water partition coefficient (Wildman–Crippen LogP) is 4.01. The van der Waals surface area contributed by atoms with E-state index in [9.17, 15) is 9.59 Å². The minimum Gasteiger partial charge on any atom is -0.483 e. The maximum atomic E-state index is 13.3. The number of aromatic amines is 1. The molecule has 10 nitrogen and oxygen atoms in total. The fraction of sp³-hybridized carbons (Fsp3) is 0.172. The number of nitrogens with zero attached hydrogens (tertiary/aromatic N) is 3. The minimum absolute atomic E-state index is 0.110. The molecule has 0 aliphatic carbocycles. The smallest absolute Gasteiger partial charge is 0.290 e. The van der Waals surface area contributed by atoms with Crippen LogP contribution in [0.5, 0.6) is 0 Å². The van der Waals surface area contributed by atoms with Crippen molar-refractivity contribution in [2.45, 2.75) is 18.9 Å². The maximum absolute atomic E-state index is 13.3. The van der Waals surface area contributed by atoms with Crippen LogP contribution in [0.25, 0.3) is 33.1 Å². The molecular weight excluding hydrogens is 498 g/mol. The summed E-state index contributed by atoms with van der Waals surface area (Å²) < 4.78 is 5.35. The molecule has 1 fully saturated rings. The highest BCUT2D eigenvalue weighted by molar-refractivity contribution is 6.09. The number of hydrogen-bond donors (Lipinski definition) is 3. The van der Waals surface area contributed by atoms with Crippen molar-refractivity contribution in [1.29, 1.82) is 0 Å². The molecule has 0 saturated carbocycles. The predicted molar refractivity (Wildman–Crippen MR) is 145 cm³/mol. The molecule has 3 aromatic heterocycles. The van der Waals surface area contributed by atoms with E-state index >= 15 is 0 Å². The van der Waals surface area contributed by atoms with E-state index in [4.69, 9.17) is 14.6 Å². The lowest BCUT2D eigenvalue weighted by molar-refractivity contribution is -0.122. The third kappa shape index (κ3) is 5.65. The van der Waals surface area contributed by atoms with E-state index < -0.39 is 0 Å². The van der Waals surface area contributed by atoms with Gasteiger partial charge in [-0.3, -0.25) is 24.4 Å². The monoisotopic (exact) mass is 523 g/mol. The van der Waals surface area contributed by atoms with Gasteiger partial charge in [0.15, 0.2) is 5.82 Å². The molecule has 1 saturated heterocycles. The Bertz CT molecular complexity index is 1650. The lowest BCUT2D eigenvalue weighted by Crippen LogP contribution is -2.38. The van der Waals surface area contributed by atoms with Crippen LogP contribution in [0, 0.1) is 0 Å². The van der Waals surface area contributed by atoms with Crippen LogP contribution in [-0.2, 0) is 9.53 Å². The fourth-order valence-corrected chi connectivity index (χ4v) is 4.55. The van der Waals surface area contributed by atoms with Crippen molar-refractivity contribution in [3.05, 3.63) is 90.1 Å². The molecule has 2 aromatic carbocycles. The number of ketones is 1. The number of carboxylic acid groups (broad SMARTS) is 1. The molecule has 0 radical (unpaired) electrons. The SMILES string of the molecule is O=C(NC1CCOCC1)c1ccc2nc(C(=O)c3ccnc(-c4cncc5ccccc45)c3)[nH]c2c1.O=CO. The number of imidazole rings is 1. The maximum Gasteiger partial charge on any atom is 0.290 e. The van der Waals surface area contributed by atoms with Gasteiger partial charge in [-0.15, -0.1) is 0 Å². The number of benzene rings is 2. The van der Waals surface area contributed by atoms with Crippen LogP contribution in [0.15, 0.2) is 73.2 Å². The van der Waals surface area contributed by atoms with Gasteiger partial charge in [-0.05, 0) is 48.6 Å². The average Bonchev–Trinajstić information content (AvgIpc) is 3.41. The molecular formula is C29H25N5O5. The zero-order valence-corrected chi connectivity index (χ0v) is 20.8. The Morgan fingerprint density at radius 3 is 2.64 bits per heavy atom. The fourth-order valence-electron chi connectivity index (χ4n) is 4.55. The number of H-pyrrole nitrogens is 1. The zero-order chi connectivity index (χ0) is 27.2. The van der Waals surface area contributed by atoms with Gasteiger partial charge in [-0.2, -0.15) is 0 Å². The second kappa shape index (κ2) is 11.6. The number of carbonyl (C=O) groups is 3. The summed E-state index contributed by atoms with van der Waals surface area (Å²) in [5, 5.41) is 12.0. The van der Waals surface area contributed by atoms with Crippen LogP contribution < -0.4 is 5.32 Å². The van der Waals surface area contributed by atoms with Crippen molar-refractivity contribution >= 4 is 40.0 Å². The molecule has 1 amide bonds. The Morgan fingerprint density at radius 1 is 1.03 bits per heavy atom. The van der Waals surface area contributed by atoms with Gasteiger partial charge in [-0.1, -0.05) is 24.3 Å². The summed E-state index contributed by atoms with van der Waals surface area (Å²) in [6.07, 6.45) is 6.79. The van der Waals surface area contributed by atoms with Gasteiger partial charge in [0.1, 0.15) is 0 Å². The van der Waals surface area contributed by atoms with E-state index in [2.05, 4.69) is 25.3 Å². The molecule has 1 aliphatic heterocycles. The van der Waals surface area contributed by atoms with E-state index in [0.29, 0.717) is 41.1 Å². The molecule has 0 unspecified atom stereocenters. The van der Waals surface area contributed by atoms with E-state index in [-0.39, 0.29) is 30.0 Å². The summed E-state index contributed by atoms with van der Waals surface area (Å²) in [5.41, 5.74) is 3.75.